The summed E-state index contributed by atoms with van der Waals surface area (Å²) in [5, 5.41) is 11.0. The number of carbonyl (C=O) groups excluding carboxylic acids is 3. The van der Waals surface area contributed by atoms with Crippen LogP contribution in [0.25, 0.3) is 0 Å². The molecule has 0 unspecified atom stereocenters. The second kappa shape index (κ2) is 10.1. The van der Waals surface area contributed by atoms with Crippen molar-refractivity contribution in [2.24, 2.45) is 0 Å². The summed E-state index contributed by atoms with van der Waals surface area (Å²) in [6.07, 6.45) is 1.75. The molecule has 0 spiro atoms. The zero-order chi connectivity index (χ0) is 23.3. The third-order valence-corrected chi connectivity index (χ3v) is 4.76. The van der Waals surface area contributed by atoms with E-state index in [0.29, 0.717) is 12.2 Å². The van der Waals surface area contributed by atoms with E-state index in [9.17, 15) is 19.5 Å². The topological polar surface area (TPSA) is 108 Å². The Morgan fingerprint density at radius 3 is 2.58 bits per heavy atom. The van der Waals surface area contributed by atoms with E-state index in [1.165, 1.54) is 26.8 Å². The van der Waals surface area contributed by atoms with E-state index in [-0.39, 0.29) is 36.4 Å². The first-order valence-corrected chi connectivity index (χ1v) is 10.1. The average Bonchev–Trinajstić information content (AvgIpc) is 2.91. The lowest BCUT2D eigenvalue weighted by Gasteiger charge is -2.28. The van der Waals surface area contributed by atoms with Crippen LogP contribution in [0.5, 0.6) is 0 Å². The molecule has 0 aromatic rings. The van der Waals surface area contributed by atoms with Crippen LogP contribution in [0.1, 0.15) is 47.5 Å². The maximum absolute atomic E-state index is 12.6. The van der Waals surface area contributed by atoms with Crippen LogP contribution in [0, 0.1) is 0 Å². The van der Waals surface area contributed by atoms with Gasteiger partial charge in [0.1, 0.15) is 18.0 Å². The molecule has 0 saturated carbocycles. The van der Waals surface area contributed by atoms with Gasteiger partial charge >= 0.3 is 17.9 Å². The quantitative estimate of drug-likeness (QED) is 0.294. The SMILES string of the molecule is C=C(C)C(=O)O[C@H]1C/C(C)=C/[C@H](OC(C)=O)C[C@@](C)(O)/C=C2\OC(=O)C(COCC)=C21. The fraction of sp³-hybridized carbons (Fsp3) is 0.522. The van der Waals surface area contributed by atoms with Crippen LogP contribution in [0.3, 0.4) is 0 Å². The second-order valence-corrected chi connectivity index (χ2v) is 8.03. The summed E-state index contributed by atoms with van der Waals surface area (Å²) in [4.78, 5) is 36.4. The molecular formula is C23H30O8. The van der Waals surface area contributed by atoms with Crippen molar-refractivity contribution in [3.05, 3.63) is 46.8 Å². The fourth-order valence-corrected chi connectivity index (χ4v) is 3.48. The molecule has 0 amide bonds. The second-order valence-electron chi connectivity index (χ2n) is 8.03. The van der Waals surface area contributed by atoms with Crippen LogP contribution in [0.15, 0.2) is 46.8 Å². The highest BCUT2D eigenvalue weighted by Crippen LogP contribution is 2.37. The van der Waals surface area contributed by atoms with Gasteiger partial charge in [-0.15, -0.1) is 0 Å². The fourth-order valence-electron chi connectivity index (χ4n) is 3.48. The normalized spacial score (nSPS) is 29.7. The zero-order valence-electron chi connectivity index (χ0n) is 18.6. The van der Waals surface area contributed by atoms with Crippen molar-refractivity contribution in [3.8, 4) is 0 Å². The number of hydrogen-bond donors (Lipinski definition) is 1. The van der Waals surface area contributed by atoms with Gasteiger partial charge in [0.25, 0.3) is 0 Å². The van der Waals surface area contributed by atoms with Gasteiger partial charge in [-0.25, -0.2) is 9.59 Å². The first-order chi connectivity index (χ1) is 14.4. The molecule has 1 aliphatic heterocycles. The molecule has 0 saturated heterocycles. The minimum Gasteiger partial charge on any atom is -0.458 e. The van der Waals surface area contributed by atoms with Crippen LogP contribution < -0.4 is 0 Å². The first kappa shape index (κ1) is 24.6. The summed E-state index contributed by atoms with van der Waals surface area (Å²) in [7, 11) is 0. The highest BCUT2D eigenvalue weighted by atomic mass is 16.6. The first-order valence-electron chi connectivity index (χ1n) is 10.1. The minimum atomic E-state index is -1.49. The van der Waals surface area contributed by atoms with Crippen molar-refractivity contribution in [2.45, 2.75) is 65.3 Å². The van der Waals surface area contributed by atoms with Crippen LogP contribution in [-0.4, -0.2) is 54.0 Å². The van der Waals surface area contributed by atoms with E-state index in [0.717, 1.165) is 5.57 Å². The highest BCUT2D eigenvalue weighted by molar-refractivity contribution is 5.95. The maximum atomic E-state index is 12.6. The van der Waals surface area contributed by atoms with E-state index >= 15 is 0 Å². The van der Waals surface area contributed by atoms with Crippen LogP contribution >= 0.6 is 0 Å². The Morgan fingerprint density at radius 1 is 1.32 bits per heavy atom. The number of hydrogen-bond acceptors (Lipinski definition) is 8. The molecule has 0 bridgehead atoms. The van der Waals surface area contributed by atoms with Crippen molar-refractivity contribution >= 4 is 17.9 Å². The Morgan fingerprint density at radius 2 is 2.00 bits per heavy atom. The van der Waals surface area contributed by atoms with Gasteiger partial charge in [-0.2, -0.15) is 0 Å². The monoisotopic (exact) mass is 434 g/mol. The van der Waals surface area contributed by atoms with Gasteiger partial charge in [0.05, 0.1) is 17.8 Å². The third kappa shape index (κ3) is 6.63. The van der Waals surface area contributed by atoms with Gasteiger partial charge in [0.15, 0.2) is 0 Å². The molecule has 0 aromatic carbocycles. The van der Waals surface area contributed by atoms with Crippen LogP contribution in [-0.2, 0) is 33.3 Å². The molecule has 8 heteroatoms. The van der Waals surface area contributed by atoms with Gasteiger partial charge in [-0.1, -0.05) is 12.2 Å². The number of aliphatic hydroxyl groups is 1. The van der Waals surface area contributed by atoms with E-state index < -0.39 is 35.7 Å². The molecule has 8 nitrogen and oxygen atoms in total. The Bertz CT molecular complexity index is 859. The van der Waals surface area contributed by atoms with Gasteiger partial charge in [0.2, 0.25) is 0 Å². The largest absolute Gasteiger partial charge is 0.458 e. The maximum Gasteiger partial charge on any atom is 0.342 e. The highest BCUT2D eigenvalue weighted by Gasteiger charge is 2.39. The predicted octanol–water partition coefficient (Wildman–Crippen LogP) is 2.67. The summed E-state index contributed by atoms with van der Waals surface area (Å²) >= 11 is 0. The molecule has 0 aromatic heterocycles. The molecular weight excluding hydrogens is 404 g/mol. The molecule has 1 N–H and O–H groups in total. The summed E-state index contributed by atoms with van der Waals surface area (Å²) < 4.78 is 21.8. The molecule has 1 heterocycles. The predicted molar refractivity (Wildman–Crippen MR) is 112 cm³/mol. The zero-order valence-corrected chi connectivity index (χ0v) is 18.6. The molecule has 170 valence electrons. The molecule has 0 radical (unpaired) electrons. The van der Waals surface area contributed by atoms with E-state index in [4.69, 9.17) is 18.9 Å². The minimum absolute atomic E-state index is 0.0237. The Labute approximate surface area is 182 Å². The van der Waals surface area contributed by atoms with Gasteiger partial charge in [0, 0.05) is 37.5 Å². The molecule has 2 rings (SSSR count). The van der Waals surface area contributed by atoms with Gasteiger partial charge in [-0.05, 0) is 39.8 Å². The van der Waals surface area contributed by atoms with E-state index in [1.54, 1.807) is 19.9 Å². The average molecular weight is 434 g/mol. The number of ether oxygens (including phenoxy) is 4. The third-order valence-electron chi connectivity index (χ3n) is 4.76. The van der Waals surface area contributed by atoms with Gasteiger partial charge < -0.3 is 24.1 Å². The number of esters is 3. The summed E-state index contributed by atoms with van der Waals surface area (Å²) in [5.41, 5.74) is 0.0380. The summed E-state index contributed by atoms with van der Waals surface area (Å²) in [6.45, 7) is 11.9. The molecule has 3 atom stereocenters. The van der Waals surface area contributed by atoms with Crippen LogP contribution in [0.4, 0.5) is 0 Å². The lowest BCUT2D eigenvalue weighted by atomic mass is 9.89. The van der Waals surface area contributed by atoms with Crippen molar-refractivity contribution in [1.82, 2.24) is 0 Å². The number of fused-ring (bicyclic) bond motifs is 1. The van der Waals surface area contributed by atoms with Crippen LogP contribution in [0.2, 0.25) is 0 Å². The molecule has 2 aliphatic rings. The Balaban J connectivity index is 2.62. The summed E-state index contributed by atoms with van der Waals surface area (Å²) in [5.74, 6) is -1.65. The Hall–Kier alpha value is -2.71. The van der Waals surface area contributed by atoms with E-state index in [1.807, 2.05) is 0 Å². The van der Waals surface area contributed by atoms with Crippen molar-refractivity contribution < 1.29 is 38.4 Å². The molecule has 0 fully saturated rings. The number of carbonyl (C=O) groups is 3. The Kier molecular flexibility index (Phi) is 7.97. The lowest BCUT2D eigenvalue weighted by molar-refractivity contribution is -0.145. The standard InChI is InChI=1S/C23H30O8/c1-7-28-12-17-20-18(30-21(25)13(2)3)9-14(4)8-16(29-15(5)24)10-23(6,27)11-19(20)31-22(17)26/h8,11,16,18,27H,2,7,9-10,12H2,1,3-6H3/b14-8+,19-11-/t16-,18-,23+/m0/s1. The molecule has 31 heavy (non-hydrogen) atoms. The van der Waals surface area contributed by atoms with Crippen molar-refractivity contribution in [3.63, 3.8) is 0 Å². The smallest absolute Gasteiger partial charge is 0.342 e. The van der Waals surface area contributed by atoms with Crippen molar-refractivity contribution in [2.75, 3.05) is 13.2 Å². The number of rotatable bonds is 6. The van der Waals surface area contributed by atoms with Gasteiger partial charge in [-0.3, -0.25) is 4.79 Å². The van der Waals surface area contributed by atoms with E-state index in [2.05, 4.69) is 6.58 Å². The van der Waals surface area contributed by atoms with Crippen molar-refractivity contribution in [1.29, 1.82) is 0 Å². The molecule has 1 aliphatic carbocycles. The lowest BCUT2D eigenvalue weighted by Crippen LogP contribution is -2.32. The summed E-state index contributed by atoms with van der Waals surface area (Å²) in [6, 6.07) is 0.